The minimum absolute atomic E-state index is 0.0299. The van der Waals surface area contributed by atoms with Gasteiger partial charge in [0.15, 0.2) is 0 Å². The van der Waals surface area contributed by atoms with Crippen LogP contribution in [0, 0.1) is 0 Å². The van der Waals surface area contributed by atoms with E-state index in [2.05, 4.69) is 0 Å². The summed E-state index contributed by atoms with van der Waals surface area (Å²) in [4.78, 5) is 11.0. The van der Waals surface area contributed by atoms with E-state index in [4.69, 9.17) is 10.2 Å². The third-order valence-electron chi connectivity index (χ3n) is 1.95. The third kappa shape index (κ3) is 4.37. The maximum atomic E-state index is 11.3. The quantitative estimate of drug-likeness (QED) is 0.789. The van der Waals surface area contributed by atoms with Crippen LogP contribution in [0.25, 0.3) is 0 Å². The van der Waals surface area contributed by atoms with Gasteiger partial charge in [0.2, 0.25) is 10.0 Å². The van der Waals surface area contributed by atoms with Gasteiger partial charge in [0.05, 0.1) is 11.3 Å². The molecule has 7 heteroatoms. The fourth-order valence-electron chi connectivity index (χ4n) is 1.29. The van der Waals surface area contributed by atoms with Gasteiger partial charge in [0.1, 0.15) is 0 Å². The lowest BCUT2D eigenvalue weighted by molar-refractivity contribution is -0.136. The molecule has 0 heterocycles. The van der Waals surface area contributed by atoms with E-state index in [0.717, 1.165) is 0 Å². The molecule has 0 bridgehead atoms. The molecule has 94 valence electrons. The molecule has 1 aromatic carbocycles. The van der Waals surface area contributed by atoms with Crippen molar-refractivity contribution in [1.29, 1.82) is 0 Å². The van der Waals surface area contributed by atoms with Crippen molar-refractivity contribution in [3.63, 3.8) is 0 Å². The Morgan fingerprint density at radius 3 is 2.59 bits per heavy atom. The van der Waals surface area contributed by atoms with E-state index >= 15 is 0 Å². The van der Waals surface area contributed by atoms with E-state index in [1.807, 2.05) is 0 Å². The zero-order chi connectivity index (χ0) is 13.1. The van der Waals surface area contributed by atoms with E-state index in [1.165, 1.54) is 17.8 Å². The van der Waals surface area contributed by atoms with Gasteiger partial charge in [-0.3, -0.25) is 4.79 Å². The number of hydrogen-bond acceptors (Lipinski definition) is 4. The third-order valence-corrected chi connectivity index (χ3v) is 4.22. The highest BCUT2D eigenvalue weighted by molar-refractivity contribution is 8.00. The van der Waals surface area contributed by atoms with Gasteiger partial charge >= 0.3 is 5.97 Å². The topological polar surface area (TPSA) is 97.5 Å². The van der Waals surface area contributed by atoms with Crippen molar-refractivity contribution in [2.24, 2.45) is 5.14 Å². The number of hydrogen-bond donors (Lipinski definition) is 2. The second-order valence-corrected chi connectivity index (χ2v) is 6.53. The zero-order valence-corrected chi connectivity index (χ0v) is 10.8. The lowest BCUT2D eigenvalue weighted by Gasteiger charge is -2.11. The molecule has 0 fully saturated rings. The number of primary sulfonamides is 1. The van der Waals surface area contributed by atoms with Gasteiger partial charge in [0.25, 0.3) is 0 Å². The number of thioether (sulfide) groups is 1. The Kier molecular flexibility index (Phi) is 4.55. The summed E-state index contributed by atoms with van der Waals surface area (Å²) in [7, 11) is -3.78. The summed E-state index contributed by atoms with van der Waals surface area (Å²) in [6.45, 7) is 1.72. The molecule has 17 heavy (non-hydrogen) atoms. The van der Waals surface area contributed by atoms with Gasteiger partial charge in [-0.15, -0.1) is 11.8 Å². The molecule has 0 saturated carbocycles. The molecule has 0 amide bonds. The SMILES string of the molecule is CC(CC(=O)O)Sc1ccccc1S(N)(=O)=O. The van der Waals surface area contributed by atoms with Crippen molar-refractivity contribution in [1.82, 2.24) is 0 Å². The molecule has 0 aliphatic carbocycles. The average molecular weight is 275 g/mol. The Morgan fingerprint density at radius 2 is 2.06 bits per heavy atom. The van der Waals surface area contributed by atoms with Gasteiger partial charge in [0, 0.05) is 10.1 Å². The number of carbonyl (C=O) groups is 1. The van der Waals surface area contributed by atoms with Crippen LogP contribution in [0.4, 0.5) is 0 Å². The molecule has 0 radical (unpaired) electrons. The molecular formula is C10H13NO4S2. The van der Waals surface area contributed by atoms with Crippen molar-refractivity contribution in [2.75, 3.05) is 0 Å². The summed E-state index contributed by atoms with van der Waals surface area (Å²) in [6, 6.07) is 6.28. The molecule has 1 unspecified atom stereocenters. The Morgan fingerprint density at radius 1 is 1.47 bits per heavy atom. The molecule has 0 spiro atoms. The number of nitrogens with two attached hydrogens (primary N) is 1. The molecule has 0 saturated heterocycles. The summed E-state index contributed by atoms with van der Waals surface area (Å²) in [5.41, 5.74) is 0. The second kappa shape index (κ2) is 5.52. The standard InChI is InChI=1S/C10H13NO4S2/c1-7(6-10(12)13)16-8-4-2-3-5-9(8)17(11,14)15/h2-5,7H,6H2,1H3,(H,12,13)(H2,11,14,15). The van der Waals surface area contributed by atoms with Gasteiger partial charge in [-0.2, -0.15) is 0 Å². The fraction of sp³-hybridized carbons (Fsp3) is 0.300. The predicted molar refractivity (Wildman–Crippen MR) is 65.4 cm³/mol. The summed E-state index contributed by atoms with van der Waals surface area (Å²) in [6.07, 6.45) is -0.0381. The summed E-state index contributed by atoms with van der Waals surface area (Å²) in [5, 5.41) is 13.5. The minimum atomic E-state index is -3.78. The molecule has 0 aromatic heterocycles. The predicted octanol–water partition coefficient (Wildman–Crippen LogP) is 1.29. The molecular weight excluding hydrogens is 262 g/mol. The molecule has 0 aliphatic rings. The normalized spacial score (nSPS) is 13.3. The first-order valence-corrected chi connectivity index (χ1v) is 7.23. The first-order chi connectivity index (χ1) is 7.80. The lowest BCUT2D eigenvalue weighted by Crippen LogP contribution is -2.14. The van der Waals surface area contributed by atoms with E-state index in [1.54, 1.807) is 25.1 Å². The van der Waals surface area contributed by atoms with Crippen LogP contribution in [0.2, 0.25) is 0 Å². The van der Waals surface area contributed by atoms with Crippen LogP contribution in [-0.2, 0) is 14.8 Å². The Balaban J connectivity index is 2.96. The van der Waals surface area contributed by atoms with Crippen LogP contribution in [0.3, 0.4) is 0 Å². The average Bonchev–Trinajstić information content (AvgIpc) is 2.15. The van der Waals surface area contributed by atoms with E-state index in [9.17, 15) is 13.2 Å². The van der Waals surface area contributed by atoms with Crippen LogP contribution < -0.4 is 5.14 Å². The number of rotatable bonds is 5. The first kappa shape index (κ1) is 14.0. The van der Waals surface area contributed by atoms with Crippen LogP contribution in [0.1, 0.15) is 13.3 Å². The Labute approximate surface area is 104 Å². The monoisotopic (exact) mass is 275 g/mol. The smallest absolute Gasteiger partial charge is 0.304 e. The Bertz CT molecular complexity index is 513. The zero-order valence-electron chi connectivity index (χ0n) is 9.16. The van der Waals surface area contributed by atoms with Gasteiger partial charge in [-0.25, -0.2) is 13.6 Å². The van der Waals surface area contributed by atoms with E-state index < -0.39 is 16.0 Å². The first-order valence-electron chi connectivity index (χ1n) is 4.81. The number of aliphatic carboxylic acids is 1. The van der Waals surface area contributed by atoms with Crippen molar-refractivity contribution < 1.29 is 18.3 Å². The van der Waals surface area contributed by atoms with E-state index in [-0.39, 0.29) is 16.6 Å². The minimum Gasteiger partial charge on any atom is -0.481 e. The number of carboxylic acids is 1. The van der Waals surface area contributed by atoms with Gasteiger partial charge < -0.3 is 5.11 Å². The molecule has 1 atom stereocenters. The van der Waals surface area contributed by atoms with Crippen LogP contribution in [0.5, 0.6) is 0 Å². The number of carboxylic acid groups (broad SMARTS) is 1. The highest BCUT2D eigenvalue weighted by Gasteiger charge is 2.17. The van der Waals surface area contributed by atoms with Crippen LogP contribution >= 0.6 is 11.8 Å². The van der Waals surface area contributed by atoms with Crippen molar-refractivity contribution in [2.45, 2.75) is 28.4 Å². The summed E-state index contributed by atoms with van der Waals surface area (Å²) in [5.74, 6) is -0.918. The maximum Gasteiger partial charge on any atom is 0.304 e. The number of benzene rings is 1. The van der Waals surface area contributed by atoms with Crippen molar-refractivity contribution in [3.05, 3.63) is 24.3 Å². The highest BCUT2D eigenvalue weighted by atomic mass is 32.2. The molecule has 5 nitrogen and oxygen atoms in total. The second-order valence-electron chi connectivity index (χ2n) is 3.52. The molecule has 0 aliphatic heterocycles. The van der Waals surface area contributed by atoms with Crippen molar-refractivity contribution in [3.8, 4) is 0 Å². The highest BCUT2D eigenvalue weighted by Crippen LogP contribution is 2.30. The van der Waals surface area contributed by atoms with Gasteiger partial charge in [-0.05, 0) is 12.1 Å². The number of sulfonamides is 1. The van der Waals surface area contributed by atoms with Crippen molar-refractivity contribution >= 4 is 27.8 Å². The molecule has 1 rings (SSSR count). The van der Waals surface area contributed by atoms with E-state index in [0.29, 0.717) is 4.90 Å². The summed E-state index contributed by atoms with van der Waals surface area (Å²) < 4.78 is 22.6. The maximum absolute atomic E-state index is 11.3. The van der Waals surface area contributed by atoms with Crippen LogP contribution in [0.15, 0.2) is 34.1 Å². The molecule has 1 aromatic rings. The Hall–Kier alpha value is -1.05. The largest absolute Gasteiger partial charge is 0.481 e. The van der Waals surface area contributed by atoms with Gasteiger partial charge in [-0.1, -0.05) is 19.1 Å². The van der Waals surface area contributed by atoms with Crippen LogP contribution in [-0.4, -0.2) is 24.7 Å². The molecule has 3 N–H and O–H groups in total. The summed E-state index contributed by atoms with van der Waals surface area (Å²) >= 11 is 1.19. The lowest BCUT2D eigenvalue weighted by atomic mass is 10.3. The fourth-order valence-corrected chi connectivity index (χ4v) is 3.40.